The number of para-hydroxylation sites is 1. The molecule has 0 unspecified atom stereocenters. The van der Waals surface area contributed by atoms with Crippen LogP contribution in [0.2, 0.25) is 0 Å². The van der Waals surface area contributed by atoms with E-state index in [0.717, 1.165) is 42.0 Å². The number of aryl methyl sites for hydroxylation is 2. The summed E-state index contributed by atoms with van der Waals surface area (Å²) in [7, 11) is 1.81. The second-order valence-corrected chi connectivity index (χ2v) is 8.13. The summed E-state index contributed by atoms with van der Waals surface area (Å²) in [4.78, 5) is 14.8. The summed E-state index contributed by atoms with van der Waals surface area (Å²) in [5.74, 6) is 1.75. The lowest BCUT2D eigenvalue weighted by Crippen LogP contribution is -2.21. The van der Waals surface area contributed by atoms with Gasteiger partial charge in [0, 0.05) is 18.8 Å². The minimum atomic E-state index is -0.0956. The first kappa shape index (κ1) is 19.7. The average Bonchev–Trinajstić information content (AvgIpc) is 3.43. The molecule has 0 bridgehead atoms. The Balaban J connectivity index is 1.49. The molecule has 1 aliphatic heterocycles. The maximum atomic E-state index is 12.4. The van der Waals surface area contributed by atoms with Gasteiger partial charge >= 0.3 is 0 Å². The summed E-state index contributed by atoms with van der Waals surface area (Å²) in [5.41, 5.74) is 1.88. The topological polar surface area (TPSA) is 80.9 Å². The van der Waals surface area contributed by atoms with E-state index in [2.05, 4.69) is 30.1 Å². The van der Waals surface area contributed by atoms with Gasteiger partial charge in [-0.15, -0.1) is 10.2 Å². The Morgan fingerprint density at radius 1 is 1.17 bits per heavy atom. The molecule has 3 heterocycles. The summed E-state index contributed by atoms with van der Waals surface area (Å²) in [6, 6.07) is 11.9. The van der Waals surface area contributed by atoms with E-state index >= 15 is 0 Å². The van der Waals surface area contributed by atoms with Crippen LogP contribution in [0.3, 0.4) is 0 Å². The molecule has 0 aliphatic carbocycles. The maximum absolute atomic E-state index is 12.4. The highest BCUT2D eigenvalue weighted by molar-refractivity contribution is 7.99. The first-order valence-corrected chi connectivity index (χ1v) is 10.7. The standard InChI is InChI=1S/C20H25N7OS/c1-15-12-17(25(2)24-15)21-19(28)14-29-20-23-22-18(13-26-10-6-7-11-26)27(20)16-8-4-3-5-9-16/h3-5,8-9,12H,6-7,10-11,13-14H2,1-2H3,(H,21,28). The van der Waals surface area contributed by atoms with Crippen LogP contribution in [0.5, 0.6) is 0 Å². The van der Waals surface area contributed by atoms with Crippen molar-refractivity contribution in [2.24, 2.45) is 7.05 Å². The van der Waals surface area contributed by atoms with Crippen LogP contribution in [-0.2, 0) is 18.4 Å². The number of amides is 1. The van der Waals surface area contributed by atoms with E-state index in [1.54, 1.807) is 4.68 Å². The van der Waals surface area contributed by atoms with Crippen LogP contribution in [0.1, 0.15) is 24.4 Å². The number of rotatable bonds is 7. The number of likely N-dealkylation sites (tertiary alicyclic amines) is 1. The summed E-state index contributed by atoms with van der Waals surface area (Å²) in [6.45, 7) is 4.85. The normalized spacial score (nSPS) is 14.4. The molecule has 1 aliphatic rings. The Kier molecular flexibility index (Phi) is 5.96. The largest absolute Gasteiger partial charge is 0.310 e. The van der Waals surface area contributed by atoms with Gasteiger partial charge in [0.1, 0.15) is 5.82 Å². The highest BCUT2D eigenvalue weighted by atomic mass is 32.2. The van der Waals surface area contributed by atoms with Gasteiger partial charge in [-0.1, -0.05) is 30.0 Å². The molecule has 0 saturated carbocycles. The number of nitrogens with one attached hydrogen (secondary N) is 1. The summed E-state index contributed by atoms with van der Waals surface area (Å²) < 4.78 is 3.73. The van der Waals surface area contributed by atoms with Crippen molar-refractivity contribution >= 4 is 23.5 Å². The summed E-state index contributed by atoms with van der Waals surface area (Å²) in [5, 5.41) is 16.7. The third-order valence-electron chi connectivity index (χ3n) is 4.88. The monoisotopic (exact) mass is 411 g/mol. The number of hydrogen-bond acceptors (Lipinski definition) is 6. The van der Waals surface area contributed by atoms with Gasteiger partial charge in [0.25, 0.3) is 0 Å². The van der Waals surface area contributed by atoms with Crippen LogP contribution in [0, 0.1) is 6.92 Å². The third kappa shape index (κ3) is 4.68. The molecule has 0 radical (unpaired) electrons. The van der Waals surface area contributed by atoms with Gasteiger partial charge in [0.2, 0.25) is 5.91 Å². The Hall–Kier alpha value is -2.65. The van der Waals surface area contributed by atoms with Crippen LogP contribution in [0.4, 0.5) is 5.82 Å². The molecule has 1 saturated heterocycles. The predicted octanol–water partition coefficient (Wildman–Crippen LogP) is 2.64. The van der Waals surface area contributed by atoms with Crippen molar-refractivity contribution in [1.29, 1.82) is 0 Å². The van der Waals surface area contributed by atoms with Gasteiger partial charge in [-0.05, 0) is 45.0 Å². The lowest BCUT2D eigenvalue weighted by Gasteiger charge is -2.15. The Morgan fingerprint density at radius 3 is 2.62 bits per heavy atom. The summed E-state index contributed by atoms with van der Waals surface area (Å²) in [6.07, 6.45) is 2.46. The molecule has 2 aromatic heterocycles. The molecule has 29 heavy (non-hydrogen) atoms. The van der Waals surface area contributed by atoms with E-state index in [4.69, 9.17) is 0 Å². The van der Waals surface area contributed by atoms with Gasteiger partial charge in [0.05, 0.1) is 18.0 Å². The molecule has 152 valence electrons. The number of carbonyl (C=O) groups is 1. The minimum Gasteiger partial charge on any atom is -0.310 e. The number of aromatic nitrogens is 5. The second-order valence-electron chi connectivity index (χ2n) is 7.18. The molecule has 0 spiro atoms. The van der Waals surface area contributed by atoms with Crippen molar-refractivity contribution < 1.29 is 4.79 Å². The number of hydrogen-bond donors (Lipinski definition) is 1. The van der Waals surface area contributed by atoms with Crippen molar-refractivity contribution in [3.63, 3.8) is 0 Å². The molecular formula is C20H25N7OS. The Bertz CT molecular complexity index is 976. The molecule has 8 nitrogen and oxygen atoms in total. The highest BCUT2D eigenvalue weighted by Crippen LogP contribution is 2.24. The van der Waals surface area contributed by atoms with E-state index in [0.29, 0.717) is 5.82 Å². The van der Waals surface area contributed by atoms with Crippen LogP contribution in [0.15, 0.2) is 41.6 Å². The Labute approximate surface area is 174 Å². The number of nitrogens with zero attached hydrogens (tertiary/aromatic N) is 6. The van der Waals surface area contributed by atoms with Gasteiger partial charge in [-0.3, -0.25) is 18.9 Å². The fourth-order valence-electron chi connectivity index (χ4n) is 3.51. The number of anilines is 1. The molecule has 0 atom stereocenters. The SMILES string of the molecule is Cc1cc(NC(=O)CSc2nnc(CN3CCCC3)n2-c2ccccc2)n(C)n1. The van der Waals surface area contributed by atoms with E-state index in [1.807, 2.05) is 50.4 Å². The van der Waals surface area contributed by atoms with Crippen LogP contribution in [0.25, 0.3) is 5.69 Å². The van der Waals surface area contributed by atoms with Gasteiger partial charge in [0.15, 0.2) is 11.0 Å². The van der Waals surface area contributed by atoms with Crippen LogP contribution < -0.4 is 5.32 Å². The average molecular weight is 412 g/mol. The first-order chi connectivity index (χ1) is 14.1. The molecule has 1 amide bonds. The molecule has 9 heteroatoms. The van der Waals surface area contributed by atoms with Crippen LogP contribution in [-0.4, -0.2) is 54.2 Å². The van der Waals surface area contributed by atoms with Gasteiger partial charge < -0.3 is 5.32 Å². The smallest absolute Gasteiger partial charge is 0.235 e. The van der Waals surface area contributed by atoms with Gasteiger partial charge in [-0.25, -0.2) is 0 Å². The van der Waals surface area contributed by atoms with Crippen molar-refractivity contribution in [2.75, 3.05) is 24.2 Å². The third-order valence-corrected chi connectivity index (χ3v) is 5.81. The molecule has 1 aromatic carbocycles. The number of benzene rings is 1. The molecule has 1 fully saturated rings. The zero-order valence-corrected chi connectivity index (χ0v) is 17.5. The molecule has 4 rings (SSSR count). The van der Waals surface area contributed by atoms with E-state index in [9.17, 15) is 4.79 Å². The van der Waals surface area contributed by atoms with Crippen LogP contribution >= 0.6 is 11.8 Å². The van der Waals surface area contributed by atoms with Crippen molar-refractivity contribution in [1.82, 2.24) is 29.4 Å². The number of thioether (sulfide) groups is 1. The lowest BCUT2D eigenvalue weighted by molar-refractivity contribution is -0.113. The van der Waals surface area contributed by atoms with Crippen molar-refractivity contribution in [3.05, 3.63) is 47.9 Å². The van der Waals surface area contributed by atoms with E-state index in [1.165, 1.54) is 24.6 Å². The maximum Gasteiger partial charge on any atom is 0.235 e. The van der Waals surface area contributed by atoms with Gasteiger partial charge in [-0.2, -0.15) is 5.10 Å². The minimum absolute atomic E-state index is 0.0956. The molecular weight excluding hydrogens is 386 g/mol. The summed E-state index contributed by atoms with van der Waals surface area (Å²) >= 11 is 1.39. The first-order valence-electron chi connectivity index (χ1n) is 9.75. The van der Waals surface area contributed by atoms with Crippen molar-refractivity contribution in [2.45, 2.75) is 31.5 Å². The van der Waals surface area contributed by atoms with E-state index < -0.39 is 0 Å². The molecule has 1 N–H and O–H groups in total. The fourth-order valence-corrected chi connectivity index (χ4v) is 4.28. The van der Waals surface area contributed by atoms with E-state index in [-0.39, 0.29) is 11.7 Å². The predicted molar refractivity (Wildman–Crippen MR) is 113 cm³/mol. The molecule has 3 aromatic rings. The number of carbonyl (C=O) groups excluding carboxylic acids is 1. The second kappa shape index (κ2) is 8.79. The fraction of sp³-hybridized carbons (Fsp3) is 0.400. The lowest BCUT2D eigenvalue weighted by atomic mass is 10.3. The highest BCUT2D eigenvalue weighted by Gasteiger charge is 2.20. The zero-order chi connectivity index (χ0) is 20.2. The zero-order valence-electron chi connectivity index (χ0n) is 16.7. The quantitative estimate of drug-likeness (QED) is 0.602. The Morgan fingerprint density at radius 2 is 1.93 bits per heavy atom. The van der Waals surface area contributed by atoms with Crippen molar-refractivity contribution in [3.8, 4) is 5.69 Å².